The van der Waals surface area contributed by atoms with Crippen LogP contribution >= 0.6 is 0 Å². The van der Waals surface area contributed by atoms with Crippen molar-refractivity contribution in [2.45, 2.75) is 39.2 Å². The molecule has 0 aliphatic rings. The molecule has 0 fully saturated rings. The van der Waals surface area contributed by atoms with Crippen molar-refractivity contribution < 1.29 is 19.4 Å². The minimum atomic E-state index is -1.01. The molecule has 5 heteroatoms. The van der Waals surface area contributed by atoms with E-state index < -0.39 is 18.1 Å². The highest BCUT2D eigenvalue weighted by atomic mass is 16.6. The van der Waals surface area contributed by atoms with E-state index in [4.69, 9.17) is 4.74 Å². The van der Waals surface area contributed by atoms with Crippen molar-refractivity contribution in [2.75, 3.05) is 6.54 Å². The molecule has 1 aromatic rings. The SMILES string of the molecule is CCCCN(C(=O)Oc1ccccc1)C(CC)C(=O)O. The van der Waals surface area contributed by atoms with Gasteiger partial charge in [0.05, 0.1) is 0 Å². The third-order valence-electron chi connectivity index (χ3n) is 2.98. The van der Waals surface area contributed by atoms with Crippen molar-refractivity contribution in [1.29, 1.82) is 0 Å². The normalized spacial score (nSPS) is 11.7. The summed E-state index contributed by atoms with van der Waals surface area (Å²) in [6, 6.07) is 7.81. The summed E-state index contributed by atoms with van der Waals surface area (Å²) in [4.78, 5) is 24.7. The molecule has 0 aromatic heterocycles. The molecular formula is C15H21NO4. The van der Waals surface area contributed by atoms with Crippen LogP contribution in [0.1, 0.15) is 33.1 Å². The topological polar surface area (TPSA) is 66.8 Å². The third-order valence-corrected chi connectivity index (χ3v) is 2.98. The van der Waals surface area contributed by atoms with E-state index in [0.29, 0.717) is 18.7 Å². The predicted octanol–water partition coefficient (Wildman–Crippen LogP) is 3.15. The zero-order chi connectivity index (χ0) is 15.0. The monoisotopic (exact) mass is 279 g/mol. The quantitative estimate of drug-likeness (QED) is 0.832. The Balaban J connectivity index is 2.81. The number of amides is 1. The molecule has 1 N–H and O–H groups in total. The van der Waals surface area contributed by atoms with Gasteiger partial charge in [0, 0.05) is 6.54 Å². The first-order valence-corrected chi connectivity index (χ1v) is 6.86. The van der Waals surface area contributed by atoms with Crippen molar-refractivity contribution in [3.05, 3.63) is 30.3 Å². The summed E-state index contributed by atoms with van der Waals surface area (Å²) in [5, 5.41) is 9.21. The molecule has 0 saturated heterocycles. The van der Waals surface area contributed by atoms with E-state index in [2.05, 4.69) is 0 Å². The molecular weight excluding hydrogens is 258 g/mol. The number of benzene rings is 1. The number of hydrogen-bond donors (Lipinski definition) is 1. The van der Waals surface area contributed by atoms with Crippen LogP contribution < -0.4 is 4.74 Å². The van der Waals surface area contributed by atoms with Gasteiger partial charge in [0.2, 0.25) is 0 Å². The lowest BCUT2D eigenvalue weighted by Crippen LogP contribution is -2.46. The van der Waals surface area contributed by atoms with E-state index >= 15 is 0 Å². The average molecular weight is 279 g/mol. The van der Waals surface area contributed by atoms with Gasteiger partial charge in [0.25, 0.3) is 0 Å². The molecule has 0 heterocycles. The molecule has 1 rings (SSSR count). The van der Waals surface area contributed by atoms with Gasteiger partial charge in [-0.3, -0.25) is 4.90 Å². The van der Waals surface area contributed by atoms with E-state index in [-0.39, 0.29) is 0 Å². The summed E-state index contributed by atoms with van der Waals surface area (Å²) < 4.78 is 5.23. The number of carboxylic acids is 1. The number of carbonyl (C=O) groups excluding carboxylic acids is 1. The molecule has 5 nitrogen and oxygen atoms in total. The summed E-state index contributed by atoms with van der Waals surface area (Å²) in [5.41, 5.74) is 0. The lowest BCUT2D eigenvalue weighted by atomic mass is 10.2. The summed E-state index contributed by atoms with van der Waals surface area (Å²) in [6.45, 7) is 4.11. The molecule has 1 amide bonds. The second kappa shape index (κ2) is 8.19. The summed E-state index contributed by atoms with van der Waals surface area (Å²) in [5.74, 6) is -0.590. The molecule has 0 aliphatic heterocycles. The third kappa shape index (κ3) is 4.57. The number of hydrogen-bond acceptors (Lipinski definition) is 3. The van der Waals surface area contributed by atoms with Crippen LogP contribution in [-0.4, -0.2) is 34.7 Å². The number of carboxylic acid groups (broad SMARTS) is 1. The van der Waals surface area contributed by atoms with Crippen LogP contribution in [0.25, 0.3) is 0 Å². The molecule has 110 valence electrons. The van der Waals surface area contributed by atoms with Crippen molar-refractivity contribution >= 4 is 12.1 Å². The molecule has 0 radical (unpaired) electrons. The molecule has 1 unspecified atom stereocenters. The average Bonchev–Trinajstić information content (AvgIpc) is 2.43. The highest BCUT2D eigenvalue weighted by molar-refractivity contribution is 5.80. The fraction of sp³-hybridized carbons (Fsp3) is 0.467. The lowest BCUT2D eigenvalue weighted by Gasteiger charge is -2.27. The first kappa shape index (κ1) is 16.0. The number of aliphatic carboxylic acids is 1. The molecule has 0 saturated carbocycles. The Bertz CT molecular complexity index is 433. The van der Waals surface area contributed by atoms with Crippen molar-refractivity contribution in [2.24, 2.45) is 0 Å². The Hall–Kier alpha value is -2.04. The van der Waals surface area contributed by atoms with E-state index in [9.17, 15) is 14.7 Å². The zero-order valence-electron chi connectivity index (χ0n) is 11.9. The van der Waals surface area contributed by atoms with Gasteiger partial charge in [-0.05, 0) is 25.0 Å². The Morgan fingerprint density at radius 3 is 2.40 bits per heavy atom. The second-order valence-corrected chi connectivity index (χ2v) is 4.49. The van der Waals surface area contributed by atoms with Crippen LogP contribution in [0.2, 0.25) is 0 Å². The van der Waals surface area contributed by atoms with Crippen LogP contribution in [0.4, 0.5) is 4.79 Å². The van der Waals surface area contributed by atoms with Crippen LogP contribution in [0, 0.1) is 0 Å². The molecule has 1 aromatic carbocycles. The molecule has 20 heavy (non-hydrogen) atoms. The predicted molar refractivity (Wildman–Crippen MR) is 75.8 cm³/mol. The minimum Gasteiger partial charge on any atom is -0.480 e. The number of para-hydroxylation sites is 1. The number of rotatable bonds is 7. The van der Waals surface area contributed by atoms with E-state index in [1.807, 2.05) is 13.0 Å². The van der Waals surface area contributed by atoms with Gasteiger partial charge in [-0.1, -0.05) is 38.5 Å². The first-order valence-electron chi connectivity index (χ1n) is 6.86. The molecule has 1 atom stereocenters. The second-order valence-electron chi connectivity index (χ2n) is 4.49. The number of ether oxygens (including phenoxy) is 1. The Morgan fingerprint density at radius 2 is 1.90 bits per heavy atom. The van der Waals surface area contributed by atoms with Gasteiger partial charge >= 0.3 is 12.1 Å². The highest BCUT2D eigenvalue weighted by Gasteiger charge is 2.29. The maximum atomic E-state index is 12.2. The van der Waals surface area contributed by atoms with Gasteiger partial charge in [-0.2, -0.15) is 0 Å². The van der Waals surface area contributed by atoms with Crippen molar-refractivity contribution in [3.8, 4) is 5.75 Å². The van der Waals surface area contributed by atoms with E-state index in [1.54, 1.807) is 31.2 Å². The number of unbranched alkanes of at least 4 members (excludes halogenated alkanes) is 1. The Kier molecular flexibility index (Phi) is 6.56. The van der Waals surface area contributed by atoms with Crippen LogP contribution in [0.5, 0.6) is 5.75 Å². The van der Waals surface area contributed by atoms with Gasteiger partial charge in [-0.25, -0.2) is 9.59 Å². The Labute approximate surface area is 119 Å². The standard InChI is InChI=1S/C15H21NO4/c1-3-5-11-16(13(4-2)14(17)18)15(19)20-12-9-7-6-8-10-12/h6-10,13H,3-5,11H2,1-2H3,(H,17,18). The van der Waals surface area contributed by atoms with Gasteiger partial charge < -0.3 is 9.84 Å². The van der Waals surface area contributed by atoms with Crippen LogP contribution in [-0.2, 0) is 4.79 Å². The van der Waals surface area contributed by atoms with Gasteiger partial charge in [0.15, 0.2) is 0 Å². The van der Waals surface area contributed by atoms with Crippen LogP contribution in [0.3, 0.4) is 0 Å². The van der Waals surface area contributed by atoms with Gasteiger partial charge in [-0.15, -0.1) is 0 Å². The summed E-state index contributed by atoms with van der Waals surface area (Å²) >= 11 is 0. The van der Waals surface area contributed by atoms with Crippen LogP contribution in [0.15, 0.2) is 30.3 Å². The summed E-state index contributed by atoms with van der Waals surface area (Å²) in [7, 11) is 0. The van der Waals surface area contributed by atoms with Crippen molar-refractivity contribution in [3.63, 3.8) is 0 Å². The Morgan fingerprint density at radius 1 is 1.25 bits per heavy atom. The fourth-order valence-electron chi connectivity index (χ4n) is 1.88. The number of nitrogens with zero attached hydrogens (tertiary/aromatic N) is 1. The largest absolute Gasteiger partial charge is 0.480 e. The zero-order valence-corrected chi connectivity index (χ0v) is 11.9. The van der Waals surface area contributed by atoms with E-state index in [1.165, 1.54) is 4.90 Å². The minimum absolute atomic E-state index is 0.350. The summed E-state index contributed by atoms with van der Waals surface area (Å²) in [6.07, 6.45) is 1.36. The molecule has 0 bridgehead atoms. The smallest absolute Gasteiger partial charge is 0.415 e. The number of carbonyl (C=O) groups is 2. The van der Waals surface area contributed by atoms with E-state index in [0.717, 1.165) is 12.8 Å². The lowest BCUT2D eigenvalue weighted by molar-refractivity contribution is -0.142. The van der Waals surface area contributed by atoms with Crippen molar-refractivity contribution in [1.82, 2.24) is 4.90 Å². The highest BCUT2D eigenvalue weighted by Crippen LogP contribution is 2.14. The maximum absolute atomic E-state index is 12.2. The fourth-order valence-corrected chi connectivity index (χ4v) is 1.88. The first-order chi connectivity index (χ1) is 9.60. The maximum Gasteiger partial charge on any atom is 0.415 e. The molecule has 0 aliphatic carbocycles. The van der Waals surface area contributed by atoms with Gasteiger partial charge in [0.1, 0.15) is 11.8 Å². The molecule has 0 spiro atoms.